The van der Waals surface area contributed by atoms with Gasteiger partial charge in [0.2, 0.25) is 0 Å². The van der Waals surface area contributed by atoms with E-state index in [1.807, 2.05) is 31.2 Å². The summed E-state index contributed by atoms with van der Waals surface area (Å²) < 4.78 is 2.65. The van der Waals surface area contributed by atoms with E-state index in [1.54, 1.807) is 6.20 Å². The largest absolute Gasteiger partial charge is 0.394 e. The fourth-order valence-electron chi connectivity index (χ4n) is 1.89. The molecule has 5 nitrogen and oxygen atoms in total. The molecule has 2 rings (SSSR count). The van der Waals surface area contributed by atoms with Crippen LogP contribution in [-0.2, 0) is 6.54 Å². The molecular weight excluding hydrogens is 402 g/mol. The smallest absolute Gasteiger partial charge is 0.283 e. The molecule has 0 saturated carbocycles. The first-order valence-electron chi connectivity index (χ1n) is 6.41. The van der Waals surface area contributed by atoms with Crippen LogP contribution in [0.2, 0.25) is 0 Å². The number of aliphatic hydroxyl groups excluding tert-OH is 1. The van der Waals surface area contributed by atoms with Gasteiger partial charge in [-0.1, -0.05) is 28.1 Å². The zero-order valence-electron chi connectivity index (χ0n) is 11.4. The second-order valence-corrected chi connectivity index (χ2v) is 6.25. The SMILES string of the molecule is CC(Nc1cnn(CCO)c(=O)c1Br)c1ccc(Br)cc1. The molecule has 1 heterocycles. The summed E-state index contributed by atoms with van der Waals surface area (Å²) in [6, 6.07) is 8.00. The monoisotopic (exact) mass is 415 g/mol. The molecule has 0 saturated heterocycles. The molecule has 0 aliphatic rings. The zero-order chi connectivity index (χ0) is 15.4. The Kier molecular flexibility index (Phi) is 5.55. The molecule has 1 aromatic carbocycles. The maximum atomic E-state index is 12.0. The fraction of sp³-hybridized carbons (Fsp3) is 0.286. The van der Waals surface area contributed by atoms with Crippen molar-refractivity contribution in [2.45, 2.75) is 19.5 Å². The molecule has 2 aromatic rings. The van der Waals surface area contributed by atoms with Crippen LogP contribution < -0.4 is 10.9 Å². The second-order valence-electron chi connectivity index (χ2n) is 4.54. The van der Waals surface area contributed by atoms with Crippen LogP contribution in [0.3, 0.4) is 0 Å². The van der Waals surface area contributed by atoms with E-state index in [0.717, 1.165) is 10.0 Å². The van der Waals surface area contributed by atoms with E-state index in [1.165, 1.54) is 4.68 Å². The van der Waals surface area contributed by atoms with Gasteiger partial charge in [0.1, 0.15) is 4.47 Å². The summed E-state index contributed by atoms with van der Waals surface area (Å²) in [5.41, 5.74) is 1.46. The first-order chi connectivity index (χ1) is 10.0. The standard InChI is InChI=1S/C14H15Br2N3O2/c1-9(10-2-4-11(15)5-3-10)18-12-8-17-19(6-7-20)14(21)13(12)16/h2-5,8-9,18,20H,6-7H2,1H3. The molecular formula is C14H15Br2N3O2. The predicted molar refractivity (Wildman–Crippen MR) is 89.5 cm³/mol. The summed E-state index contributed by atoms with van der Waals surface area (Å²) in [6.07, 6.45) is 1.58. The lowest BCUT2D eigenvalue weighted by atomic mass is 10.1. The summed E-state index contributed by atoms with van der Waals surface area (Å²) in [7, 11) is 0. The van der Waals surface area contributed by atoms with Gasteiger partial charge in [0.15, 0.2) is 0 Å². The first-order valence-corrected chi connectivity index (χ1v) is 8.00. The van der Waals surface area contributed by atoms with Gasteiger partial charge in [-0.3, -0.25) is 4.79 Å². The van der Waals surface area contributed by atoms with E-state index in [-0.39, 0.29) is 24.8 Å². The highest BCUT2D eigenvalue weighted by Gasteiger charge is 2.12. The Balaban J connectivity index is 2.21. The number of hydrogen-bond donors (Lipinski definition) is 2. The second kappa shape index (κ2) is 7.20. The molecule has 0 radical (unpaired) electrons. The van der Waals surface area contributed by atoms with Gasteiger partial charge >= 0.3 is 0 Å². The van der Waals surface area contributed by atoms with Crippen LogP contribution in [0.4, 0.5) is 5.69 Å². The molecule has 0 spiro atoms. The van der Waals surface area contributed by atoms with Crippen molar-refractivity contribution >= 4 is 37.5 Å². The summed E-state index contributed by atoms with van der Waals surface area (Å²) in [5, 5.41) is 16.2. The molecule has 1 atom stereocenters. The molecule has 7 heteroatoms. The van der Waals surface area contributed by atoms with Crippen LogP contribution in [0, 0.1) is 0 Å². The van der Waals surface area contributed by atoms with E-state index >= 15 is 0 Å². The number of hydrogen-bond acceptors (Lipinski definition) is 4. The number of benzene rings is 1. The molecule has 1 aromatic heterocycles. The Hall–Kier alpha value is -1.18. The third kappa shape index (κ3) is 3.93. The highest BCUT2D eigenvalue weighted by atomic mass is 79.9. The number of halogens is 2. The average molecular weight is 417 g/mol. The van der Waals surface area contributed by atoms with Gasteiger partial charge in [0.25, 0.3) is 5.56 Å². The van der Waals surface area contributed by atoms with Crippen LogP contribution in [0.15, 0.2) is 44.2 Å². The number of anilines is 1. The van der Waals surface area contributed by atoms with Gasteiger partial charge < -0.3 is 10.4 Å². The van der Waals surface area contributed by atoms with Crippen molar-refractivity contribution in [2.75, 3.05) is 11.9 Å². The quantitative estimate of drug-likeness (QED) is 0.786. The van der Waals surface area contributed by atoms with Crippen LogP contribution in [0.1, 0.15) is 18.5 Å². The molecule has 112 valence electrons. The third-order valence-corrected chi connectivity index (χ3v) is 4.33. The number of nitrogens with zero attached hydrogens (tertiary/aromatic N) is 2. The van der Waals surface area contributed by atoms with Crippen molar-refractivity contribution < 1.29 is 5.11 Å². The predicted octanol–water partition coefficient (Wildman–Crippen LogP) is 2.93. The Labute approximate surface area is 139 Å². The number of aromatic nitrogens is 2. The van der Waals surface area contributed by atoms with E-state index < -0.39 is 0 Å². The summed E-state index contributed by atoms with van der Waals surface area (Å²) in [5.74, 6) is 0. The van der Waals surface area contributed by atoms with Crippen LogP contribution >= 0.6 is 31.9 Å². The van der Waals surface area contributed by atoms with Gasteiger partial charge in [-0.05, 0) is 40.5 Å². The van der Waals surface area contributed by atoms with E-state index in [9.17, 15) is 4.79 Å². The molecule has 0 fully saturated rings. The van der Waals surface area contributed by atoms with Gasteiger partial charge in [0.05, 0.1) is 25.0 Å². The molecule has 21 heavy (non-hydrogen) atoms. The lowest BCUT2D eigenvalue weighted by Crippen LogP contribution is -2.26. The first kappa shape index (κ1) is 16.2. The molecule has 0 bridgehead atoms. The van der Waals surface area contributed by atoms with Crippen molar-refractivity contribution in [3.63, 3.8) is 0 Å². The van der Waals surface area contributed by atoms with E-state index in [2.05, 4.69) is 42.3 Å². The van der Waals surface area contributed by atoms with Crippen molar-refractivity contribution in [3.8, 4) is 0 Å². The Morgan fingerprint density at radius 2 is 2.00 bits per heavy atom. The van der Waals surface area contributed by atoms with E-state index in [4.69, 9.17) is 5.11 Å². The molecule has 1 unspecified atom stereocenters. The molecule has 0 aliphatic heterocycles. The lowest BCUT2D eigenvalue weighted by molar-refractivity contribution is 0.266. The number of rotatable bonds is 5. The van der Waals surface area contributed by atoms with Gasteiger partial charge in [-0.2, -0.15) is 5.10 Å². The topological polar surface area (TPSA) is 67.2 Å². The normalized spacial score (nSPS) is 12.2. The maximum absolute atomic E-state index is 12.0. The minimum absolute atomic E-state index is 0.0318. The Morgan fingerprint density at radius 1 is 1.33 bits per heavy atom. The van der Waals surface area contributed by atoms with Crippen molar-refractivity contribution in [1.82, 2.24) is 9.78 Å². The average Bonchev–Trinajstić information content (AvgIpc) is 2.47. The van der Waals surface area contributed by atoms with Gasteiger partial charge in [0, 0.05) is 10.5 Å². The van der Waals surface area contributed by atoms with Gasteiger partial charge in [-0.15, -0.1) is 0 Å². The third-order valence-electron chi connectivity index (χ3n) is 3.04. The highest BCUT2D eigenvalue weighted by Crippen LogP contribution is 2.24. The van der Waals surface area contributed by atoms with Gasteiger partial charge in [-0.25, -0.2) is 4.68 Å². The molecule has 0 amide bonds. The number of nitrogens with one attached hydrogen (secondary N) is 1. The van der Waals surface area contributed by atoms with Crippen molar-refractivity contribution in [3.05, 3.63) is 55.3 Å². The van der Waals surface area contributed by atoms with E-state index in [0.29, 0.717) is 10.2 Å². The number of aliphatic hydroxyl groups is 1. The van der Waals surface area contributed by atoms with Crippen molar-refractivity contribution in [2.24, 2.45) is 0 Å². The summed E-state index contributed by atoms with van der Waals surface area (Å²) in [4.78, 5) is 12.0. The van der Waals surface area contributed by atoms with Crippen LogP contribution in [-0.4, -0.2) is 21.5 Å². The molecule has 2 N–H and O–H groups in total. The summed E-state index contributed by atoms with van der Waals surface area (Å²) >= 11 is 6.69. The zero-order valence-corrected chi connectivity index (χ0v) is 14.6. The lowest BCUT2D eigenvalue weighted by Gasteiger charge is -2.17. The fourth-order valence-corrected chi connectivity index (χ4v) is 2.57. The summed E-state index contributed by atoms with van der Waals surface area (Å²) in [6.45, 7) is 2.07. The van der Waals surface area contributed by atoms with Crippen LogP contribution in [0.5, 0.6) is 0 Å². The molecule has 0 aliphatic carbocycles. The Bertz CT molecular complexity index is 671. The van der Waals surface area contributed by atoms with Crippen molar-refractivity contribution in [1.29, 1.82) is 0 Å². The minimum Gasteiger partial charge on any atom is -0.394 e. The van der Waals surface area contributed by atoms with Crippen LogP contribution in [0.25, 0.3) is 0 Å². The highest BCUT2D eigenvalue weighted by molar-refractivity contribution is 9.10. The Morgan fingerprint density at radius 3 is 2.62 bits per heavy atom. The minimum atomic E-state index is -0.267. The maximum Gasteiger partial charge on any atom is 0.283 e.